The molecule has 0 saturated carbocycles. The average molecular weight is 645 g/mol. The molecule has 242 valence electrons. The average Bonchev–Trinajstić information content (AvgIpc) is 3.29. The van der Waals surface area contributed by atoms with Gasteiger partial charge in [-0.25, -0.2) is 28.2 Å². The second-order valence-electron chi connectivity index (χ2n) is 12.9. The summed E-state index contributed by atoms with van der Waals surface area (Å²) in [6.07, 6.45) is 5.32. The Morgan fingerprint density at radius 1 is 0.978 bits per heavy atom. The molecule has 0 radical (unpaired) electrons. The van der Waals surface area contributed by atoms with Crippen molar-refractivity contribution in [2.75, 3.05) is 29.3 Å². The van der Waals surface area contributed by atoms with Gasteiger partial charge in [-0.2, -0.15) is 0 Å². The molecule has 11 nitrogen and oxygen atoms in total. The van der Waals surface area contributed by atoms with E-state index in [0.717, 1.165) is 29.2 Å². The quantitative estimate of drug-likeness (QED) is 0.249. The molecule has 0 aliphatic carbocycles. The number of aromatic nitrogens is 3. The molecule has 2 aromatic carbocycles. The number of fused-ring (bicyclic) bond motifs is 1. The number of sulfonamides is 1. The van der Waals surface area contributed by atoms with Gasteiger partial charge >= 0.3 is 6.09 Å². The first-order valence-corrected chi connectivity index (χ1v) is 17.2. The second kappa shape index (κ2) is 12.4. The fraction of sp³-hybridized carbons (Fsp3) is 0.412. The molecule has 6 rings (SSSR count). The van der Waals surface area contributed by atoms with E-state index in [-0.39, 0.29) is 12.1 Å². The molecule has 46 heavy (non-hydrogen) atoms. The molecule has 2 aliphatic rings. The van der Waals surface area contributed by atoms with E-state index in [0.29, 0.717) is 60.6 Å². The number of likely N-dealkylation sites (tertiary alicyclic amines) is 1. The molecule has 2 saturated heterocycles. The molecular formula is C34H40N6O5S. The van der Waals surface area contributed by atoms with Crippen molar-refractivity contribution in [3.63, 3.8) is 0 Å². The van der Waals surface area contributed by atoms with Crippen LogP contribution >= 0.6 is 0 Å². The van der Waals surface area contributed by atoms with Crippen LogP contribution in [0.1, 0.15) is 52.5 Å². The van der Waals surface area contributed by atoms with Crippen molar-refractivity contribution in [3.05, 3.63) is 66.5 Å². The van der Waals surface area contributed by atoms with Gasteiger partial charge in [-0.15, -0.1) is 0 Å². The van der Waals surface area contributed by atoms with Crippen molar-refractivity contribution in [2.24, 2.45) is 0 Å². The third-order valence-corrected chi connectivity index (χ3v) is 10.6. The highest BCUT2D eigenvalue weighted by Crippen LogP contribution is 2.41. The highest BCUT2D eigenvalue weighted by molar-refractivity contribution is 7.93. The molecule has 12 heteroatoms. The zero-order valence-electron chi connectivity index (χ0n) is 26.9. The molecule has 0 bridgehead atoms. The maximum Gasteiger partial charge on any atom is 0.410 e. The zero-order chi connectivity index (χ0) is 32.6. The van der Waals surface area contributed by atoms with Gasteiger partial charge in [-0.1, -0.05) is 24.3 Å². The Labute approximate surface area is 270 Å². The van der Waals surface area contributed by atoms with Gasteiger partial charge < -0.3 is 19.7 Å². The van der Waals surface area contributed by atoms with Crippen molar-refractivity contribution >= 4 is 38.5 Å². The first-order valence-electron chi connectivity index (χ1n) is 15.7. The maximum atomic E-state index is 13.1. The van der Waals surface area contributed by atoms with Gasteiger partial charge in [0.25, 0.3) is 0 Å². The van der Waals surface area contributed by atoms with E-state index in [1.807, 2.05) is 70.2 Å². The number of piperidine rings is 1. The first kappa shape index (κ1) is 31.5. The number of carbonyl (C=O) groups is 1. The predicted molar refractivity (Wildman–Crippen MR) is 179 cm³/mol. The molecule has 4 heterocycles. The molecule has 1 N–H and O–H groups in total. The van der Waals surface area contributed by atoms with E-state index in [2.05, 4.69) is 15.3 Å². The van der Waals surface area contributed by atoms with Crippen LogP contribution in [0, 0.1) is 6.92 Å². The zero-order valence-corrected chi connectivity index (χ0v) is 27.7. The van der Waals surface area contributed by atoms with Crippen LogP contribution in [0.3, 0.4) is 0 Å². The number of rotatable bonds is 6. The fourth-order valence-corrected chi connectivity index (χ4v) is 7.57. The number of aryl methyl sites for hydroxylation is 1. The van der Waals surface area contributed by atoms with E-state index in [9.17, 15) is 13.2 Å². The Morgan fingerprint density at radius 2 is 1.80 bits per heavy atom. The highest BCUT2D eigenvalue weighted by atomic mass is 32.2. The molecular weight excluding hydrogens is 604 g/mol. The number of ether oxygens (including phenoxy) is 2. The Kier molecular flexibility index (Phi) is 8.49. The van der Waals surface area contributed by atoms with Crippen LogP contribution in [0.15, 0.2) is 60.9 Å². The van der Waals surface area contributed by atoms with Gasteiger partial charge in [0.05, 0.1) is 22.2 Å². The van der Waals surface area contributed by atoms with E-state index in [1.54, 1.807) is 30.3 Å². The van der Waals surface area contributed by atoms with Crippen molar-refractivity contribution in [2.45, 2.75) is 70.8 Å². The standard InChI is InChI=1S/C34H40N6O5S/c1-22-13-14-25-26(10-6-12-29(25)40-20-16-23(2)46(40,42)43)30(22)44-31-27(11-7-17-35-31)28-15-18-36-32(38-28)37-24-9-8-19-39(21-24)33(41)45-34(3,4)5/h6-7,10-15,17-18,23-24H,8-9,16,19-21H2,1-5H3,(H,36,37,38)/t23?,24-/m0/s1. The van der Waals surface area contributed by atoms with Crippen molar-refractivity contribution in [1.82, 2.24) is 19.9 Å². The SMILES string of the molecule is Cc1ccc2c(N3CCC(C)S3(=O)=O)cccc2c1Oc1ncccc1-c1ccnc(N[C@H]2CCCN(C(=O)OC(C)(C)C)C2)n1. The first-order chi connectivity index (χ1) is 21.9. The van der Waals surface area contributed by atoms with Crippen LogP contribution in [0.25, 0.3) is 22.0 Å². The summed E-state index contributed by atoms with van der Waals surface area (Å²) in [5.74, 6) is 1.40. The van der Waals surface area contributed by atoms with Gasteiger partial charge in [0.15, 0.2) is 0 Å². The van der Waals surface area contributed by atoms with Crippen LogP contribution in [0.5, 0.6) is 11.6 Å². The number of benzene rings is 2. The summed E-state index contributed by atoms with van der Waals surface area (Å²) >= 11 is 0. The third-order valence-electron chi connectivity index (χ3n) is 8.32. The summed E-state index contributed by atoms with van der Waals surface area (Å²) in [6, 6.07) is 15.0. The number of hydrogen-bond acceptors (Lipinski definition) is 9. The Morgan fingerprint density at radius 3 is 2.57 bits per heavy atom. The summed E-state index contributed by atoms with van der Waals surface area (Å²) in [5.41, 5.74) is 2.27. The van der Waals surface area contributed by atoms with E-state index in [1.165, 1.54) is 4.31 Å². The van der Waals surface area contributed by atoms with Crippen LogP contribution in [-0.4, -0.2) is 70.9 Å². The van der Waals surface area contributed by atoms with E-state index < -0.39 is 20.9 Å². The molecule has 4 aromatic rings. The molecule has 2 atom stereocenters. The van der Waals surface area contributed by atoms with E-state index >= 15 is 0 Å². The summed E-state index contributed by atoms with van der Waals surface area (Å²) in [4.78, 5) is 28.2. The van der Waals surface area contributed by atoms with Crippen molar-refractivity contribution < 1.29 is 22.7 Å². The van der Waals surface area contributed by atoms with Crippen LogP contribution in [-0.2, 0) is 14.8 Å². The number of pyridine rings is 1. The number of anilines is 2. The number of nitrogens with one attached hydrogen (secondary N) is 1. The Hall–Kier alpha value is -4.45. The minimum atomic E-state index is -3.43. The lowest BCUT2D eigenvalue weighted by Gasteiger charge is -2.34. The summed E-state index contributed by atoms with van der Waals surface area (Å²) in [6.45, 7) is 10.9. The molecule has 2 aliphatic heterocycles. The van der Waals surface area contributed by atoms with E-state index in [4.69, 9.17) is 14.5 Å². The molecule has 0 spiro atoms. The number of nitrogens with zero attached hydrogens (tertiary/aromatic N) is 5. The highest BCUT2D eigenvalue weighted by Gasteiger charge is 2.36. The van der Waals surface area contributed by atoms with Gasteiger partial charge in [-0.3, -0.25) is 4.31 Å². The Balaban J connectivity index is 1.27. The topological polar surface area (TPSA) is 127 Å². The minimum Gasteiger partial charge on any atom is -0.444 e. The van der Waals surface area contributed by atoms with Crippen LogP contribution in [0.2, 0.25) is 0 Å². The Bertz CT molecular complexity index is 1880. The lowest BCUT2D eigenvalue weighted by Crippen LogP contribution is -2.47. The number of hydrogen-bond donors (Lipinski definition) is 1. The number of amides is 1. The predicted octanol–water partition coefficient (Wildman–Crippen LogP) is 6.53. The van der Waals surface area contributed by atoms with Crippen molar-refractivity contribution in [1.29, 1.82) is 0 Å². The molecule has 2 fully saturated rings. The normalized spacial score (nSPS) is 19.7. The van der Waals surface area contributed by atoms with Gasteiger partial charge in [0, 0.05) is 48.8 Å². The number of carbonyl (C=O) groups excluding carboxylic acids is 1. The van der Waals surface area contributed by atoms with Gasteiger partial charge in [0.2, 0.25) is 21.9 Å². The summed E-state index contributed by atoms with van der Waals surface area (Å²) in [5, 5.41) is 4.56. The lowest BCUT2D eigenvalue weighted by atomic mass is 10.0. The summed E-state index contributed by atoms with van der Waals surface area (Å²) in [7, 11) is -3.43. The third kappa shape index (κ3) is 6.44. The molecule has 2 aromatic heterocycles. The van der Waals surface area contributed by atoms with Crippen LogP contribution < -0.4 is 14.4 Å². The fourth-order valence-electron chi connectivity index (χ4n) is 5.94. The monoisotopic (exact) mass is 644 g/mol. The molecule has 1 unspecified atom stereocenters. The lowest BCUT2D eigenvalue weighted by molar-refractivity contribution is 0.0206. The van der Waals surface area contributed by atoms with Gasteiger partial charge in [0.1, 0.15) is 11.4 Å². The second-order valence-corrected chi connectivity index (χ2v) is 15.2. The van der Waals surface area contributed by atoms with Gasteiger partial charge in [-0.05, 0) is 83.7 Å². The van der Waals surface area contributed by atoms with Crippen molar-refractivity contribution in [3.8, 4) is 22.9 Å². The largest absolute Gasteiger partial charge is 0.444 e. The smallest absolute Gasteiger partial charge is 0.410 e. The van der Waals surface area contributed by atoms with Crippen LogP contribution in [0.4, 0.5) is 16.4 Å². The summed E-state index contributed by atoms with van der Waals surface area (Å²) < 4.78 is 39.8. The molecule has 1 amide bonds. The minimum absolute atomic E-state index is 0.0314. The maximum absolute atomic E-state index is 13.1.